The van der Waals surface area contributed by atoms with Crippen molar-refractivity contribution >= 4 is 11.9 Å². The molecule has 2 atom stereocenters. The molecule has 0 spiro atoms. The first-order valence-corrected chi connectivity index (χ1v) is 8.24. The molecule has 1 aliphatic rings. The Kier molecular flexibility index (Phi) is 4.83. The number of aromatic nitrogens is 2. The van der Waals surface area contributed by atoms with E-state index in [1.807, 2.05) is 6.92 Å². The standard InChI is InChI=1S/C18H18FN3O4/c1-11-8-12(18(25)26)10-21(9-11)17(24)14-6-7-16(23)22(20-14)15-5-3-2-4-13(15)19/h2-7,11-12H,8-10H2,1H3,(H,25,26). The van der Waals surface area contributed by atoms with Crippen LogP contribution in [0.3, 0.4) is 0 Å². The molecule has 0 radical (unpaired) electrons. The van der Waals surface area contributed by atoms with Crippen LogP contribution in [-0.2, 0) is 4.79 Å². The Morgan fingerprint density at radius 1 is 1.19 bits per heavy atom. The maximum atomic E-state index is 14.0. The number of piperidine rings is 1. The third kappa shape index (κ3) is 3.49. The van der Waals surface area contributed by atoms with E-state index in [0.717, 1.165) is 10.7 Å². The molecule has 0 saturated carbocycles. The number of halogens is 1. The van der Waals surface area contributed by atoms with Gasteiger partial charge >= 0.3 is 5.97 Å². The number of para-hydroxylation sites is 1. The number of likely N-dealkylation sites (tertiary alicyclic amines) is 1. The van der Waals surface area contributed by atoms with Gasteiger partial charge in [0.05, 0.1) is 5.92 Å². The van der Waals surface area contributed by atoms with E-state index in [4.69, 9.17) is 0 Å². The van der Waals surface area contributed by atoms with Gasteiger partial charge in [0, 0.05) is 19.2 Å². The maximum absolute atomic E-state index is 14.0. The van der Waals surface area contributed by atoms with Crippen molar-refractivity contribution < 1.29 is 19.1 Å². The molecule has 1 amide bonds. The predicted octanol–water partition coefficient (Wildman–Crippen LogP) is 1.55. The third-order valence-corrected chi connectivity index (χ3v) is 4.40. The highest BCUT2D eigenvalue weighted by Gasteiger charge is 2.33. The molecule has 1 aliphatic heterocycles. The van der Waals surface area contributed by atoms with Gasteiger partial charge in [-0.3, -0.25) is 14.4 Å². The van der Waals surface area contributed by atoms with E-state index in [0.29, 0.717) is 13.0 Å². The van der Waals surface area contributed by atoms with Gasteiger partial charge in [-0.15, -0.1) is 0 Å². The van der Waals surface area contributed by atoms with E-state index in [-0.39, 0.29) is 23.8 Å². The fraction of sp³-hybridized carbons (Fsp3) is 0.333. The van der Waals surface area contributed by atoms with Gasteiger partial charge < -0.3 is 10.0 Å². The van der Waals surface area contributed by atoms with E-state index >= 15 is 0 Å². The number of carbonyl (C=O) groups is 2. The second-order valence-electron chi connectivity index (χ2n) is 6.51. The summed E-state index contributed by atoms with van der Waals surface area (Å²) < 4.78 is 14.8. The van der Waals surface area contributed by atoms with Crippen molar-refractivity contribution in [1.29, 1.82) is 0 Å². The molecule has 2 unspecified atom stereocenters. The van der Waals surface area contributed by atoms with E-state index in [9.17, 15) is 23.9 Å². The quantitative estimate of drug-likeness (QED) is 0.898. The number of amides is 1. The average molecular weight is 359 g/mol. The Morgan fingerprint density at radius 2 is 1.92 bits per heavy atom. The lowest BCUT2D eigenvalue weighted by Crippen LogP contribution is -2.46. The van der Waals surface area contributed by atoms with Gasteiger partial charge in [0.15, 0.2) is 0 Å². The molecule has 0 aliphatic carbocycles. The lowest BCUT2D eigenvalue weighted by molar-refractivity contribution is -0.143. The molecule has 2 aromatic rings. The van der Waals surface area contributed by atoms with Crippen molar-refractivity contribution in [1.82, 2.24) is 14.7 Å². The molecule has 0 bridgehead atoms. The van der Waals surface area contributed by atoms with Crippen LogP contribution < -0.4 is 5.56 Å². The first-order valence-electron chi connectivity index (χ1n) is 8.24. The maximum Gasteiger partial charge on any atom is 0.308 e. The van der Waals surface area contributed by atoms with Crippen molar-refractivity contribution in [2.75, 3.05) is 13.1 Å². The van der Waals surface area contributed by atoms with Crippen molar-refractivity contribution in [2.45, 2.75) is 13.3 Å². The van der Waals surface area contributed by atoms with E-state index in [1.165, 1.54) is 29.2 Å². The highest BCUT2D eigenvalue weighted by molar-refractivity contribution is 5.92. The van der Waals surface area contributed by atoms with Gasteiger partial charge in [0.25, 0.3) is 11.5 Å². The Balaban J connectivity index is 1.93. The molecule has 26 heavy (non-hydrogen) atoms. The van der Waals surface area contributed by atoms with E-state index < -0.39 is 29.2 Å². The number of nitrogens with zero attached hydrogens (tertiary/aromatic N) is 3. The van der Waals surface area contributed by atoms with Crippen LogP contribution in [0.1, 0.15) is 23.8 Å². The summed E-state index contributed by atoms with van der Waals surface area (Å²) in [6, 6.07) is 8.06. The fourth-order valence-electron chi connectivity index (χ4n) is 3.18. The van der Waals surface area contributed by atoms with Gasteiger partial charge in [-0.05, 0) is 30.5 Å². The van der Waals surface area contributed by atoms with Crippen LogP contribution in [0, 0.1) is 17.7 Å². The largest absolute Gasteiger partial charge is 0.481 e. The predicted molar refractivity (Wildman–Crippen MR) is 90.6 cm³/mol. The molecular formula is C18H18FN3O4. The Hall–Kier alpha value is -3.03. The summed E-state index contributed by atoms with van der Waals surface area (Å²) in [6.07, 6.45) is 0.501. The summed E-state index contributed by atoms with van der Waals surface area (Å²) in [5.74, 6) is -2.66. The Morgan fingerprint density at radius 3 is 2.62 bits per heavy atom. The molecule has 1 aromatic heterocycles. The van der Waals surface area contributed by atoms with Gasteiger partial charge in [0.2, 0.25) is 0 Å². The highest BCUT2D eigenvalue weighted by Crippen LogP contribution is 2.23. The van der Waals surface area contributed by atoms with E-state index in [1.54, 1.807) is 6.07 Å². The summed E-state index contributed by atoms with van der Waals surface area (Å²) in [5, 5.41) is 13.2. The molecule has 1 aromatic carbocycles. The first kappa shape index (κ1) is 17.8. The van der Waals surface area contributed by atoms with Gasteiger partial charge in [0.1, 0.15) is 17.2 Å². The van der Waals surface area contributed by atoms with Gasteiger partial charge in [-0.1, -0.05) is 19.1 Å². The summed E-state index contributed by atoms with van der Waals surface area (Å²) in [6.45, 7) is 2.37. The normalized spacial score (nSPS) is 20.0. The molecule has 2 heterocycles. The molecule has 1 N–H and O–H groups in total. The number of hydrogen-bond donors (Lipinski definition) is 1. The topological polar surface area (TPSA) is 92.5 Å². The van der Waals surface area contributed by atoms with Crippen LogP contribution in [0.2, 0.25) is 0 Å². The summed E-state index contributed by atoms with van der Waals surface area (Å²) >= 11 is 0. The molecule has 136 valence electrons. The minimum Gasteiger partial charge on any atom is -0.481 e. The molecule has 1 fully saturated rings. The molecule has 3 rings (SSSR count). The zero-order valence-corrected chi connectivity index (χ0v) is 14.1. The Labute approximate surface area is 148 Å². The fourth-order valence-corrected chi connectivity index (χ4v) is 3.18. The molecule has 1 saturated heterocycles. The number of carbonyl (C=O) groups excluding carboxylic acids is 1. The van der Waals surface area contributed by atoms with Crippen molar-refractivity contribution in [3.8, 4) is 5.69 Å². The Bertz CT molecular complexity index is 911. The van der Waals surface area contributed by atoms with Crippen LogP contribution in [0.4, 0.5) is 4.39 Å². The molecule has 7 nitrogen and oxygen atoms in total. The third-order valence-electron chi connectivity index (χ3n) is 4.40. The number of benzene rings is 1. The second-order valence-corrected chi connectivity index (χ2v) is 6.51. The lowest BCUT2D eigenvalue weighted by Gasteiger charge is -2.34. The zero-order valence-electron chi connectivity index (χ0n) is 14.1. The number of carboxylic acids is 1. The summed E-state index contributed by atoms with van der Waals surface area (Å²) in [7, 11) is 0. The first-order chi connectivity index (χ1) is 12.4. The molecule has 8 heteroatoms. The number of carboxylic acid groups (broad SMARTS) is 1. The van der Waals surface area contributed by atoms with Crippen molar-refractivity contribution in [3.63, 3.8) is 0 Å². The monoisotopic (exact) mass is 359 g/mol. The number of hydrogen-bond acceptors (Lipinski definition) is 4. The smallest absolute Gasteiger partial charge is 0.308 e. The van der Waals surface area contributed by atoms with Crippen molar-refractivity contribution in [3.05, 3.63) is 58.3 Å². The van der Waals surface area contributed by atoms with Crippen LogP contribution in [0.25, 0.3) is 5.69 Å². The molecular weight excluding hydrogens is 341 g/mol. The van der Waals surface area contributed by atoms with Gasteiger partial charge in [-0.2, -0.15) is 9.78 Å². The minimum absolute atomic E-state index is 0.0336. The lowest BCUT2D eigenvalue weighted by atomic mass is 9.90. The van der Waals surface area contributed by atoms with Crippen LogP contribution >= 0.6 is 0 Å². The second kappa shape index (κ2) is 7.07. The zero-order chi connectivity index (χ0) is 18.8. The highest BCUT2D eigenvalue weighted by atomic mass is 19.1. The van der Waals surface area contributed by atoms with Gasteiger partial charge in [-0.25, -0.2) is 4.39 Å². The van der Waals surface area contributed by atoms with Crippen molar-refractivity contribution in [2.24, 2.45) is 11.8 Å². The van der Waals surface area contributed by atoms with E-state index in [2.05, 4.69) is 5.10 Å². The average Bonchev–Trinajstić information content (AvgIpc) is 2.61. The minimum atomic E-state index is -0.946. The number of aliphatic carboxylic acids is 1. The van der Waals surface area contributed by atoms with Crippen LogP contribution in [-0.4, -0.2) is 44.8 Å². The SMILES string of the molecule is CC1CC(C(=O)O)CN(C(=O)c2ccc(=O)n(-c3ccccc3F)n2)C1. The number of rotatable bonds is 3. The van der Waals surface area contributed by atoms with Crippen LogP contribution in [0.5, 0.6) is 0 Å². The summed E-state index contributed by atoms with van der Waals surface area (Å²) in [5.41, 5.74) is -0.657. The van der Waals surface area contributed by atoms with Crippen LogP contribution in [0.15, 0.2) is 41.2 Å². The summed E-state index contributed by atoms with van der Waals surface area (Å²) in [4.78, 5) is 37.5.